The minimum Gasteiger partial charge on any atom is -0.393 e. The Hall–Kier alpha value is -3.70. The van der Waals surface area contributed by atoms with Crippen molar-refractivity contribution in [1.29, 1.82) is 0 Å². The number of hydrogen-bond donors (Lipinski definition) is 4. The molecule has 0 unspecified atom stereocenters. The molecule has 2 heterocycles. The largest absolute Gasteiger partial charge is 0.393 e. The Labute approximate surface area is 216 Å². The van der Waals surface area contributed by atoms with E-state index in [4.69, 9.17) is 9.97 Å². The summed E-state index contributed by atoms with van der Waals surface area (Å²) in [5, 5.41) is 16.6. The topological polar surface area (TPSA) is 134 Å². The smallest absolute Gasteiger partial charge is 0.261 e. The predicted octanol–water partition coefficient (Wildman–Crippen LogP) is 4.41. The molecule has 0 radical (unpaired) electrons. The van der Waals surface area contributed by atoms with Gasteiger partial charge < -0.3 is 20.3 Å². The highest BCUT2D eigenvalue weighted by Crippen LogP contribution is 2.27. The lowest BCUT2D eigenvalue weighted by atomic mass is 9.93. The highest BCUT2D eigenvalue weighted by molar-refractivity contribution is 7.92. The molecule has 4 aromatic rings. The maximum absolute atomic E-state index is 12.7. The number of fused-ring (bicyclic) bond motifs is 1. The number of aromatic nitrogens is 4. The van der Waals surface area contributed by atoms with Crippen LogP contribution in [0.3, 0.4) is 0 Å². The van der Waals surface area contributed by atoms with Gasteiger partial charge in [0.25, 0.3) is 10.0 Å². The lowest BCUT2D eigenvalue weighted by Crippen LogP contribution is -2.29. The number of nitrogens with zero attached hydrogens (tertiary/aromatic N) is 4. The molecule has 1 saturated carbocycles. The molecule has 0 spiro atoms. The monoisotopic (exact) mass is 521 g/mol. The van der Waals surface area contributed by atoms with Gasteiger partial charge in [-0.25, -0.2) is 13.4 Å². The van der Waals surface area contributed by atoms with Crippen LogP contribution < -0.4 is 15.4 Å². The van der Waals surface area contributed by atoms with Crippen LogP contribution in [0.1, 0.15) is 38.2 Å². The summed E-state index contributed by atoms with van der Waals surface area (Å²) in [5.41, 5.74) is 3.55. The fourth-order valence-corrected chi connectivity index (χ4v) is 5.48. The van der Waals surface area contributed by atoms with Gasteiger partial charge in [0.2, 0.25) is 5.95 Å². The van der Waals surface area contributed by atoms with Gasteiger partial charge in [0.1, 0.15) is 0 Å². The van der Waals surface area contributed by atoms with E-state index in [0.29, 0.717) is 23.0 Å². The third-order valence-electron chi connectivity index (χ3n) is 6.57. The van der Waals surface area contributed by atoms with E-state index in [0.717, 1.165) is 49.1 Å². The number of benzene rings is 2. The first-order valence-corrected chi connectivity index (χ1v) is 13.9. The van der Waals surface area contributed by atoms with E-state index >= 15 is 0 Å². The zero-order chi connectivity index (χ0) is 26.0. The molecule has 2 aromatic carbocycles. The molecule has 194 valence electrons. The van der Waals surface area contributed by atoms with E-state index in [-0.39, 0.29) is 17.0 Å². The number of nitrogens with one attached hydrogen (secondary N) is 3. The Morgan fingerprint density at radius 2 is 1.65 bits per heavy atom. The summed E-state index contributed by atoms with van der Waals surface area (Å²) in [7, 11) is -3.68. The molecule has 5 rings (SSSR count). The molecule has 37 heavy (non-hydrogen) atoms. The molecule has 4 N–H and O–H groups in total. The molecule has 1 aliphatic carbocycles. The molecular weight excluding hydrogens is 490 g/mol. The van der Waals surface area contributed by atoms with Crippen molar-refractivity contribution in [2.45, 2.75) is 63.1 Å². The third kappa shape index (κ3) is 5.67. The highest BCUT2D eigenvalue weighted by Gasteiger charge is 2.21. The van der Waals surface area contributed by atoms with Crippen molar-refractivity contribution in [2.24, 2.45) is 0 Å². The van der Waals surface area contributed by atoms with E-state index < -0.39 is 10.0 Å². The minimum absolute atomic E-state index is 0.201. The van der Waals surface area contributed by atoms with Crippen molar-refractivity contribution in [2.75, 3.05) is 15.4 Å². The molecule has 0 saturated heterocycles. The standard InChI is InChI=1S/C26H31N7O3S/c1-3-33-16-27-23-24(30-26(31-25(23)33)29-19-10-12-21(34)13-11-19)28-18-6-8-20(9-7-18)32-37(35,36)22-14-4-17(2)5-15-22/h4-9,14-16,19,21,32,34H,3,10-13H2,1-2H3,(H2,28,29,30,31)/t19-,21-. The number of aliphatic hydroxyl groups is 1. The van der Waals surface area contributed by atoms with Crippen molar-refractivity contribution >= 4 is 44.3 Å². The Kier molecular flexibility index (Phi) is 6.98. The van der Waals surface area contributed by atoms with Crippen LogP contribution in [0, 0.1) is 6.92 Å². The van der Waals surface area contributed by atoms with Gasteiger partial charge in [0.05, 0.1) is 17.3 Å². The van der Waals surface area contributed by atoms with Gasteiger partial charge in [-0.05, 0) is 75.9 Å². The summed E-state index contributed by atoms with van der Waals surface area (Å²) in [5.74, 6) is 1.07. The first kappa shape index (κ1) is 25.0. The van der Waals surface area contributed by atoms with Gasteiger partial charge in [-0.2, -0.15) is 9.97 Å². The number of rotatable bonds is 8. The molecule has 0 aliphatic heterocycles. The number of imidazole rings is 1. The van der Waals surface area contributed by atoms with Crippen LogP contribution in [-0.4, -0.2) is 45.2 Å². The maximum atomic E-state index is 12.7. The Balaban J connectivity index is 1.36. The summed E-state index contributed by atoms with van der Waals surface area (Å²) < 4.78 is 30.0. The number of aryl methyl sites for hydroxylation is 2. The van der Waals surface area contributed by atoms with Crippen LogP contribution in [0.5, 0.6) is 0 Å². The molecule has 0 amide bonds. The average molecular weight is 522 g/mol. The van der Waals surface area contributed by atoms with Gasteiger partial charge >= 0.3 is 0 Å². The zero-order valence-electron chi connectivity index (χ0n) is 20.8. The van der Waals surface area contributed by atoms with E-state index in [1.165, 1.54) is 0 Å². The van der Waals surface area contributed by atoms with Gasteiger partial charge in [0, 0.05) is 24.0 Å². The molecule has 10 nitrogen and oxygen atoms in total. The second kappa shape index (κ2) is 10.3. The number of anilines is 4. The SMILES string of the molecule is CCn1cnc2c(Nc3ccc(NS(=O)(=O)c4ccc(C)cc4)cc3)nc(N[C@H]3CC[C@H](O)CC3)nc21. The van der Waals surface area contributed by atoms with Gasteiger partial charge in [0.15, 0.2) is 17.0 Å². The Morgan fingerprint density at radius 3 is 2.32 bits per heavy atom. The van der Waals surface area contributed by atoms with Gasteiger partial charge in [-0.1, -0.05) is 17.7 Å². The summed E-state index contributed by atoms with van der Waals surface area (Å²) in [6.45, 7) is 4.66. The summed E-state index contributed by atoms with van der Waals surface area (Å²) >= 11 is 0. The molecule has 0 atom stereocenters. The molecule has 1 fully saturated rings. The van der Waals surface area contributed by atoms with E-state index in [9.17, 15) is 13.5 Å². The molecule has 11 heteroatoms. The van der Waals surface area contributed by atoms with Crippen molar-refractivity contribution in [3.8, 4) is 0 Å². The lowest BCUT2D eigenvalue weighted by molar-refractivity contribution is 0.126. The fraction of sp³-hybridized carbons (Fsp3) is 0.346. The molecule has 2 aromatic heterocycles. The number of sulfonamides is 1. The highest BCUT2D eigenvalue weighted by atomic mass is 32.2. The van der Waals surface area contributed by atoms with Crippen molar-refractivity contribution < 1.29 is 13.5 Å². The Bertz CT molecular complexity index is 1480. The number of aliphatic hydroxyl groups excluding tert-OH is 1. The van der Waals surface area contributed by atoms with E-state index in [1.807, 2.05) is 18.4 Å². The van der Waals surface area contributed by atoms with E-state index in [1.54, 1.807) is 54.9 Å². The second-order valence-electron chi connectivity index (χ2n) is 9.37. The summed E-state index contributed by atoms with van der Waals surface area (Å²) in [6.07, 6.45) is 4.75. The van der Waals surface area contributed by atoms with Crippen LogP contribution in [0.4, 0.5) is 23.1 Å². The van der Waals surface area contributed by atoms with Crippen LogP contribution in [0.25, 0.3) is 11.2 Å². The summed E-state index contributed by atoms with van der Waals surface area (Å²) in [6, 6.07) is 13.9. The van der Waals surface area contributed by atoms with Crippen LogP contribution >= 0.6 is 0 Å². The quantitative estimate of drug-likeness (QED) is 0.268. The van der Waals surface area contributed by atoms with Crippen LogP contribution in [-0.2, 0) is 16.6 Å². The normalized spacial score (nSPS) is 18.0. The van der Waals surface area contributed by atoms with Crippen LogP contribution in [0.2, 0.25) is 0 Å². The zero-order valence-corrected chi connectivity index (χ0v) is 21.7. The first-order chi connectivity index (χ1) is 17.8. The van der Waals surface area contributed by atoms with Crippen molar-refractivity contribution in [1.82, 2.24) is 19.5 Å². The maximum Gasteiger partial charge on any atom is 0.261 e. The molecular formula is C26H31N7O3S. The van der Waals surface area contributed by atoms with Crippen LogP contribution in [0.15, 0.2) is 59.8 Å². The lowest BCUT2D eigenvalue weighted by Gasteiger charge is -2.26. The third-order valence-corrected chi connectivity index (χ3v) is 7.96. The Morgan fingerprint density at radius 1 is 0.973 bits per heavy atom. The fourth-order valence-electron chi connectivity index (χ4n) is 4.42. The van der Waals surface area contributed by atoms with Crippen molar-refractivity contribution in [3.05, 3.63) is 60.4 Å². The predicted molar refractivity (Wildman–Crippen MR) is 145 cm³/mol. The first-order valence-electron chi connectivity index (χ1n) is 12.4. The minimum atomic E-state index is -3.68. The van der Waals surface area contributed by atoms with Gasteiger partial charge in [-0.15, -0.1) is 0 Å². The average Bonchev–Trinajstić information content (AvgIpc) is 3.30. The van der Waals surface area contributed by atoms with Crippen molar-refractivity contribution in [3.63, 3.8) is 0 Å². The van der Waals surface area contributed by atoms with Gasteiger partial charge in [-0.3, -0.25) is 4.72 Å². The second-order valence-corrected chi connectivity index (χ2v) is 11.1. The molecule has 0 bridgehead atoms. The molecule has 1 aliphatic rings. The van der Waals surface area contributed by atoms with E-state index in [2.05, 4.69) is 20.3 Å². The number of hydrogen-bond acceptors (Lipinski definition) is 8. The summed E-state index contributed by atoms with van der Waals surface area (Å²) in [4.78, 5) is 14.1.